The third-order valence-corrected chi connectivity index (χ3v) is 3.41. The fourth-order valence-corrected chi connectivity index (χ4v) is 2.24. The van der Waals surface area contributed by atoms with Gasteiger partial charge < -0.3 is 4.57 Å². The Balaban J connectivity index is 2.73. The van der Waals surface area contributed by atoms with Crippen LogP contribution in [0.5, 0.6) is 0 Å². The van der Waals surface area contributed by atoms with Crippen molar-refractivity contribution < 1.29 is 4.39 Å². The zero-order chi connectivity index (χ0) is 12.4. The number of hydrogen-bond acceptors (Lipinski definition) is 1. The molecule has 4 heteroatoms. The predicted octanol–water partition coefficient (Wildman–Crippen LogP) is 3.28. The van der Waals surface area contributed by atoms with Gasteiger partial charge in [0.1, 0.15) is 5.82 Å². The van der Waals surface area contributed by atoms with Crippen LogP contribution in [0.3, 0.4) is 0 Å². The molecule has 2 rings (SSSR count). The number of aromatic nitrogens is 1. The van der Waals surface area contributed by atoms with Crippen molar-refractivity contribution in [3.8, 4) is 11.3 Å². The fraction of sp³-hybridized carbons (Fsp3) is 0.154. The zero-order valence-corrected chi connectivity index (χ0v) is 11.4. The van der Waals surface area contributed by atoms with Crippen LogP contribution in [-0.2, 0) is 6.54 Å². The molecule has 1 aromatic heterocycles. The summed E-state index contributed by atoms with van der Waals surface area (Å²) < 4.78 is 15.9. The van der Waals surface area contributed by atoms with E-state index >= 15 is 0 Å². The van der Waals surface area contributed by atoms with Gasteiger partial charge in [-0.25, -0.2) is 4.39 Å². The summed E-state index contributed by atoms with van der Waals surface area (Å²) in [6.07, 6.45) is 0. The maximum atomic E-state index is 13.7. The van der Waals surface area contributed by atoms with Crippen LogP contribution in [0.1, 0.15) is 6.92 Å². The van der Waals surface area contributed by atoms with Gasteiger partial charge >= 0.3 is 0 Å². The van der Waals surface area contributed by atoms with E-state index in [1.807, 2.05) is 29.5 Å². The van der Waals surface area contributed by atoms with E-state index in [9.17, 15) is 9.18 Å². The molecule has 0 amide bonds. The van der Waals surface area contributed by atoms with Crippen LogP contribution >= 0.6 is 22.6 Å². The van der Waals surface area contributed by atoms with E-state index in [4.69, 9.17) is 0 Å². The summed E-state index contributed by atoms with van der Waals surface area (Å²) in [7, 11) is 0. The Morgan fingerprint density at radius 2 is 1.94 bits per heavy atom. The van der Waals surface area contributed by atoms with Gasteiger partial charge in [0.2, 0.25) is 0 Å². The van der Waals surface area contributed by atoms with Gasteiger partial charge in [-0.1, -0.05) is 12.1 Å². The SMILES string of the molecule is CCn1c(-c2ccccc2F)ccc(I)c1=O. The Bertz CT molecular complexity index is 607. The van der Waals surface area contributed by atoms with Crippen LogP contribution in [0.2, 0.25) is 0 Å². The number of rotatable bonds is 2. The molecule has 0 fully saturated rings. The highest BCUT2D eigenvalue weighted by Gasteiger charge is 2.10. The first-order valence-corrected chi connectivity index (χ1v) is 6.37. The molecule has 1 heterocycles. The lowest BCUT2D eigenvalue weighted by Gasteiger charge is -2.12. The highest BCUT2D eigenvalue weighted by atomic mass is 127. The quantitative estimate of drug-likeness (QED) is 0.767. The van der Waals surface area contributed by atoms with E-state index < -0.39 is 0 Å². The van der Waals surface area contributed by atoms with Gasteiger partial charge in [0.05, 0.1) is 9.26 Å². The van der Waals surface area contributed by atoms with E-state index in [1.54, 1.807) is 34.9 Å². The summed E-state index contributed by atoms with van der Waals surface area (Å²) in [5.41, 5.74) is 1.01. The number of halogens is 2. The molecule has 2 nitrogen and oxygen atoms in total. The molecule has 88 valence electrons. The van der Waals surface area contributed by atoms with Crippen molar-refractivity contribution in [3.63, 3.8) is 0 Å². The molecular weight excluding hydrogens is 332 g/mol. The highest BCUT2D eigenvalue weighted by Crippen LogP contribution is 2.21. The van der Waals surface area contributed by atoms with Gasteiger partial charge in [0.25, 0.3) is 5.56 Å². The minimum absolute atomic E-state index is 0.0751. The summed E-state index contributed by atoms with van der Waals surface area (Å²) in [5.74, 6) is -0.310. The second kappa shape index (κ2) is 5.00. The molecule has 0 saturated carbocycles. The lowest BCUT2D eigenvalue weighted by molar-refractivity contribution is 0.626. The Morgan fingerprint density at radius 3 is 2.59 bits per heavy atom. The smallest absolute Gasteiger partial charge is 0.264 e. The van der Waals surface area contributed by atoms with Gasteiger partial charge in [0, 0.05) is 12.1 Å². The van der Waals surface area contributed by atoms with Crippen molar-refractivity contribution in [3.05, 3.63) is 56.1 Å². The minimum Gasteiger partial charge on any atom is -0.308 e. The highest BCUT2D eigenvalue weighted by molar-refractivity contribution is 14.1. The number of nitrogens with zero attached hydrogens (tertiary/aromatic N) is 1. The Hall–Kier alpha value is -1.17. The minimum atomic E-state index is -0.310. The Labute approximate surface area is 112 Å². The lowest BCUT2D eigenvalue weighted by atomic mass is 10.1. The number of pyridine rings is 1. The van der Waals surface area contributed by atoms with Gasteiger partial charge in [-0.2, -0.15) is 0 Å². The molecule has 2 aromatic rings. The third kappa shape index (κ3) is 2.26. The van der Waals surface area contributed by atoms with Crippen LogP contribution in [0.15, 0.2) is 41.2 Å². The molecular formula is C13H11FINO. The van der Waals surface area contributed by atoms with E-state index in [2.05, 4.69) is 0 Å². The van der Waals surface area contributed by atoms with Crippen LogP contribution in [0.25, 0.3) is 11.3 Å². The van der Waals surface area contributed by atoms with Crippen molar-refractivity contribution in [1.29, 1.82) is 0 Å². The first-order chi connectivity index (χ1) is 8.15. The van der Waals surface area contributed by atoms with Gasteiger partial charge in [-0.15, -0.1) is 0 Å². The second-order valence-electron chi connectivity index (χ2n) is 3.60. The standard InChI is InChI=1S/C13H11FINO/c1-2-16-12(8-7-11(15)13(16)17)9-5-3-4-6-10(9)14/h3-8H,2H2,1H3. The Kier molecular flexibility index (Phi) is 3.61. The van der Waals surface area contributed by atoms with Crippen molar-refractivity contribution in [1.82, 2.24) is 4.57 Å². The average Bonchev–Trinajstić information content (AvgIpc) is 2.33. The van der Waals surface area contributed by atoms with Gasteiger partial charge in [-0.05, 0) is 53.8 Å². The first-order valence-electron chi connectivity index (χ1n) is 5.29. The van der Waals surface area contributed by atoms with Crippen LogP contribution < -0.4 is 5.56 Å². The molecule has 0 aliphatic heterocycles. The van der Waals surface area contributed by atoms with E-state index in [0.29, 0.717) is 21.4 Å². The summed E-state index contributed by atoms with van der Waals surface area (Å²) >= 11 is 1.99. The van der Waals surface area contributed by atoms with Crippen LogP contribution in [-0.4, -0.2) is 4.57 Å². The molecule has 0 atom stereocenters. The average molecular weight is 343 g/mol. The summed E-state index contributed by atoms with van der Waals surface area (Å²) in [4.78, 5) is 11.9. The molecule has 17 heavy (non-hydrogen) atoms. The predicted molar refractivity (Wildman–Crippen MR) is 74.5 cm³/mol. The van der Waals surface area contributed by atoms with Crippen molar-refractivity contribution in [2.24, 2.45) is 0 Å². The maximum Gasteiger partial charge on any atom is 0.264 e. The van der Waals surface area contributed by atoms with Crippen LogP contribution in [0, 0.1) is 9.39 Å². The van der Waals surface area contributed by atoms with E-state index in [1.165, 1.54) is 6.07 Å². The molecule has 0 unspecified atom stereocenters. The fourth-order valence-electron chi connectivity index (χ4n) is 1.77. The lowest BCUT2D eigenvalue weighted by Crippen LogP contribution is -2.23. The molecule has 0 N–H and O–H groups in total. The van der Waals surface area contributed by atoms with Crippen molar-refractivity contribution >= 4 is 22.6 Å². The van der Waals surface area contributed by atoms with Gasteiger partial charge in [0.15, 0.2) is 0 Å². The number of hydrogen-bond donors (Lipinski definition) is 0. The van der Waals surface area contributed by atoms with Crippen LogP contribution in [0.4, 0.5) is 4.39 Å². The summed E-state index contributed by atoms with van der Waals surface area (Å²) in [6, 6.07) is 9.99. The molecule has 0 radical (unpaired) electrons. The zero-order valence-electron chi connectivity index (χ0n) is 9.28. The Morgan fingerprint density at radius 1 is 1.24 bits per heavy atom. The third-order valence-electron chi connectivity index (χ3n) is 2.59. The normalized spacial score (nSPS) is 10.5. The van der Waals surface area contributed by atoms with Crippen molar-refractivity contribution in [2.75, 3.05) is 0 Å². The molecule has 0 spiro atoms. The molecule has 0 aliphatic rings. The van der Waals surface area contributed by atoms with E-state index in [0.717, 1.165) is 0 Å². The molecule has 0 bridgehead atoms. The number of benzene rings is 1. The molecule has 0 aliphatic carbocycles. The van der Waals surface area contributed by atoms with Gasteiger partial charge in [-0.3, -0.25) is 4.79 Å². The molecule has 1 aromatic carbocycles. The second-order valence-corrected chi connectivity index (χ2v) is 4.76. The summed E-state index contributed by atoms with van der Waals surface area (Å²) in [6.45, 7) is 2.40. The maximum absolute atomic E-state index is 13.7. The monoisotopic (exact) mass is 343 g/mol. The molecule has 0 saturated heterocycles. The first kappa shape index (κ1) is 12.3. The largest absolute Gasteiger partial charge is 0.308 e. The van der Waals surface area contributed by atoms with E-state index in [-0.39, 0.29) is 11.4 Å². The summed E-state index contributed by atoms with van der Waals surface area (Å²) in [5, 5.41) is 0. The van der Waals surface area contributed by atoms with Crippen molar-refractivity contribution in [2.45, 2.75) is 13.5 Å². The topological polar surface area (TPSA) is 22.0 Å².